The Labute approximate surface area is 206 Å². The van der Waals surface area contributed by atoms with Crippen LogP contribution in [0.1, 0.15) is 42.6 Å². The maximum atomic E-state index is 12.4. The molecule has 0 aliphatic carbocycles. The van der Waals surface area contributed by atoms with Gasteiger partial charge in [0.05, 0.1) is 11.8 Å². The van der Waals surface area contributed by atoms with E-state index in [0.717, 1.165) is 66.1 Å². The molecule has 1 unspecified atom stereocenters. The lowest BCUT2D eigenvalue weighted by atomic mass is 10.1. The minimum atomic E-state index is -0.0579. The van der Waals surface area contributed by atoms with Crippen molar-refractivity contribution in [3.63, 3.8) is 0 Å². The molecule has 1 fully saturated rings. The van der Waals surface area contributed by atoms with Gasteiger partial charge < -0.3 is 15.0 Å². The number of nitrogens with zero attached hydrogens (tertiary/aromatic N) is 3. The molecule has 7 heteroatoms. The predicted octanol–water partition coefficient (Wildman–Crippen LogP) is 5.19. The van der Waals surface area contributed by atoms with E-state index < -0.39 is 0 Å². The van der Waals surface area contributed by atoms with Crippen LogP contribution in [0.25, 0.3) is 11.3 Å². The maximum Gasteiger partial charge on any atom is 0.251 e. The van der Waals surface area contributed by atoms with Crippen molar-refractivity contribution in [1.82, 2.24) is 15.3 Å². The summed E-state index contributed by atoms with van der Waals surface area (Å²) >= 11 is 1.61. The van der Waals surface area contributed by atoms with E-state index in [-0.39, 0.29) is 12.0 Å². The largest absolute Gasteiger partial charge is 0.376 e. The van der Waals surface area contributed by atoms with E-state index in [0.29, 0.717) is 12.1 Å². The third-order valence-corrected chi connectivity index (χ3v) is 6.87. The first-order valence-corrected chi connectivity index (χ1v) is 13.0. The number of anilines is 1. The van der Waals surface area contributed by atoms with E-state index in [2.05, 4.69) is 42.3 Å². The number of hydrogen-bond donors (Lipinski definition) is 1. The lowest BCUT2D eigenvalue weighted by Crippen LogP contribution is -2.31. The predicted molar refractivity (Wildman–Crippen MR) is 138 cm³/mol. The Bertz CT molecular complexity index is 1070. The van der Waals surface area contributed by atoms with Crippen LogP contribution in [0.3, 0.4) is 0 Å². The van der Waals surface area contributed by atoms with Crippen molar-refractivity contribution in [3.05, 3.63) is 71.8 Å². The molecular weight excluding hydrogens is 444 g/mol. The molecule has 0 saturated carbocycles. The molecule has 1 aromatic heterocycles. The van der Waals surface area contributed by atoms with E-state index in [1.807, 2.05) is 42.5 Å². The summed E-state index contributed by atoms with van der Waals surface area (Å²) in [5, 5.41) is 3.73. The van der Waals surface area contributed by atoms with Gasteiger partial charge in [0.1, 0.15) is 5.82 Å². The molecule has 0 bridgehead atoms. The van der Waals surface area contributed by atoms with E-state index in [9.17, 15) is 4.79 Å². The van der Waals surface area contributed by atoms with Crippen LogP contribution in [-0.2, 0) is 10.5 Å². The van der Waals surface area contributed by atoms with Crippen LogP contribution in [-0.4, -0.2) is 48.2 Å². The van der Waals surface area contributed by atoms with Gasteiger partial charge >= 0.3 is 0 Å². The summed E-state index contributed by atoms with van der Waals surface area (Å²) in [5.41, 5.74) is 3.80. The van der Waals surface area contributed by atoms with Crippen molar-refractivity contribution in [3.8, 4) is 11.3 Å². The molecule has 4 rings (SSSR count). The fourth-order valence-electron chi connectivity index (χ4n) is 3.96. The number of amides is 1. The van der Waals surface area contributed by atoms with Gasteiger partial charge in [-0.1, -0.05) is 54.2 Å². The summed E-state index contributed by atoms with van der Waals surface area (Å²) in [7, 11) is 0. The molecule has 1 saturated heterocycles. The second-order valence-electron chi connectivity index (χ2n) is 8.26. The van der Waals surface area contributed by atoms with Crippen LogP contribution in [0, 0.1) is 0 Å². The normalized spacial score (nSPS) is 15.3. The molecule has 0 spiro atoms. The summed E-state index contributed by atoms with van der Waals surface area (Å²) in [6.45, 7) is 7.42. The quantitative estimate of drug-likeness (QED) is 0.321. The number of thioether (sulfide) groups is 1. The highest BCUT2D eigenvalue weighted by Crippen LogP contribution is 2.27. The van der Waals surface area contributed by atoms with Crippen LogP contribution in [0.4, 0.5) is 5.82 Å². The molecule has 0 radical (unpaired) electrons. The standard InChI is InChI=1S/C27H32N4O2S/c1-3-31(4-2)25-17-24(21-9-6-5-7-10-21)29-27(30-25)34-19-20-12-14-22(15-13-20)26(32)28-18-23-11-8-16-33-23/h5-7,9-10,12-15,17,23H,3-4,8,11,16,18-19H2,1-2H3,(H,28,32). The lowest BCUT2D eigenvalue weighted by molar-refractivity contribution is 0.0858. The number of ether oxygens (including phenoxy) is 1. The van der Waals surface area contributed by atoms with E-state index in [1.165, 1.54) is 0 Å². The number of nitrogens with one attached hydrogen (secondary N) is 1. The van der Waals surface area contributed by atoms with Crippen molar-refractivity contribution in [2.24, 2.45) is 0 Å². The van der Waals surface area contributed by atoms with Gasteiger partial charge in [-0.3, -0.25) is 4.79 Å². The summed E-state index contributed by atoms with van der Waals surface area (Å²) in [6, 6.07) is 20.0. The molecule has 1 amide bonds. The topological polar surface area (TPSA) is 67.4 Å². The zero-order valence-electron chi connectivity index (χ0n) is 19.9. The molecule has 34 heavy (non-hydrogen) atoms. The fourth-order valence-corrected chi connectivity index (χ4v) is 4.77. The second kappa shape index (κ2) is 12.0. The zero-order chi connectivity index (χ0) is 23.8. The van der Waals surface area contributed by atoms with Crippen molar-refractivity contribution >= 4 is 23.5 Å². The second-order valence-corrected chi connectivity index (χ2v) is 9.21. The first-order chi connectivity index (χ1) is 16.7. The van der Waals surface area contributed by atoms with Gasteiger partial charge in [-0.2, -0.15) is 0 Å². The molecule has 3 aromatic rings. The highest BCUT2D eigenvalue weighted by Gasteiger charge is 2.17. The van der Waals surface area contributed by atoms with Gasteiger partial charge in [0.2, 0.25) is 0 Å². The number of rotatable bonds is 10. The number of hydrogen-bond acceptors (Lipinski definition) is 6. The number of carbonyl (C=O) groups is 1. The third-order valence-electron chi connectivity index (χ3n) is 5.95. The summed E-state index contributed by atoms with van der Waals surface area (Å²) in [4.78, 5) is 24.3. The van der Waals surface area contributed by atoms with Gasteiger partial charge in [-0.05, 0) is 44.4 Å². The SMILES string of the molecule is CCN(CC)c1cc(-c2ccccc2)nc(SCc2ccc(C(=O)NCC3CCCO3)cc2)n1. The highest BCUT2D eigenvalue weighted by molar-refractivity contribution is 7.98. The van der Waals surface area contributed by atoms with Crippen molar-refractivity contribution < 1.29 is 9.53 Å². The van der Waals surface area contributed by atoms with Gasteiger partial charge in [-0.25, -0.2) is 9.97 Å². The van der Waals surface area contributed by atoms with Gasteiger partial charge in [0, 0.05) is 49.2 Å². The van der Waals surface area contributed by atoms with Crippen molar-refractivity contribution in [1.29, 1.82) is 0 Å². The average Bonchev–Trinajstić information content (AvgIpc) is 3.41. The smallest absolute Gasteiger partial charge is 0.251 e. The van der Waals surface area contributed by atoms with Crippen LogP contribution < -0.4 is 10.2 Å². The molecule has 1 aliphatic heterocycles. The van der Waals surface area contributed by atoms with E-state index in [1.54, 1.807) is 11.8 Å². The van der Waals surface area contributed by atoms with E-state index in [4.69, 9.17) is 14.7 Å². The lowest BCUT2D eigenvalue weighted by Gasteiger charge is -2.21. The van der Waals surface area contributed by atoms with Crippen LogP contribution >= 0.6 is 11.8 Å². The fraction of sp³-hybridized carbons (Fsp3) is 0.370. The van der Waals surface area contributed by atoms with Gasteiger partial charge in [0.25, 0.3) is 5.91 Å². The molecular formula is C27H32N4O2S. The van der Waals surface area contributed by atoms with Crippen LogP contribution in [0.15, 0.2) is 65.8 Å². The van der Waals surface area contributed by atoms with Gasteiger partial charge in [0.15, 0.2) is 5.16 Å². The number of aromatic nitrogens is 2. The molecule has 1 atom stereocenters. The minimum Gasteiger partial charge on any atom is -0.376 e. The third kappa shape index (κ3) is 6.36. The molecule has 2 heterocycles. The molecule has 178 valence electrons. The maximum absolute atomic E-state index is 12.4. The Hall–Kier alpha value is -2.90. The highest BCUT2D eigenvalue weighted by atomic mass is 32.2. The Kier molecular flexibility index (Phi) is 8.55. The summed E-state index contributed by atoms with van der Waals surface area (Å²) in [5.74, 6) is 1.62. The van der Waals surface area contributed by atoms with Crippen molar-refractivity contribution in [2.75, 3.05) is 31.1 Å². The Morgan fingerprint density at radius 2 is 1.85 bits per heavy atom. The summed E-state index contributed by atoms with van der Waals surface area (Å²) in [6.07, 6.45) is 2.23. The minimum absolute atomic E-state index is 0.0579. The van der Waals surface area contributed by atoms with E-state index >= 15 is 0 Å². The van der Waals surface area contributed by atoms with Crippen LogP contribution in [0.2, 0.25) is 0 Å². The first kappa shape index (κ1) is 24.2. The molecule has 6 nitrogen and oxygen atoms in total. The molecule has 1 N–H and O–H groups in total. The molecule has 2 aromatic carbocycles. The van der Waals surface area contributed by atoms with Gasteiger partial charge in [-0.15, -0.1) is 0 Å². The summed E-state index contributed by atoms with van der Waals surface area (Å²) < 4.78 is 5.57. The van der Waals surface area contributed by atoms with Crippen LogP contribution in [0.5, 0.6) is 0 Å². The molecule has 1 aliphatic rings. The average molecular weight is 477 g/mol. The Balaban J connectivity index is 1.42. The van der Waals surface area contributed by atoms with Crippen molar-refractivity contribution in [2.45, 2.75) is 43.7 Å². The first-order valence-electron chi connectivity index (χ1n) is 12.0. The monoisotopic (exact) mass is 476 g/mol. The Morgan fingerprint density at radius 1 is 1.09 bits per heavy atom. The Morgan fingerprint density at radius 3 is 2.53 bits per heavy atom. The number of benzene rings is 2. The number of carbonyl (C=O) groups excluding carboxylic acids is 1. The zero-order valence-corrected chi connectivity index (χ0v) is 20.7.